The normalized spacial score (nSPS) is 11.9. The predicted octanol–water partition coefficient (Wildman–Crippen LogP) is 4.22. The first-order valence-electron chi connectivity index (χ1n) is 9.76. The Bertz CT molecular complexity index is 920. The molecule has 6 nitrogen and oxygen atoms in total. The lowest BCUT2D eigenvalue weighted by Gasteiger charge is -2.12. The van der Waals surface area contributed by atoms with Crippen molar-refractivity contribution in [3.8, 4) is 17.2 Å². The van der Waals surface area contributed by atoms with Crippen LogP contribution in [-0.2, 0) is 17.8 Å². The molecule has 0 aliphatic carbocycles. The van der Waals surface area contributed by atoms with Gasteiger partial charge in [0.15, 0.2) is 0 Å². The zero-order chi connectivity index (χ0) is 20.6. The molecule has 0 saturated carbocycles. The first-order chi connectivity index (χ1) is 14.1. The van der Waals surface area contributed by atoms with Gasteiger partial charge in [0.25, 0.3) is 0 Å². The summed E-state index contributed by atoms with van der Waals surface area (Å²) in [6.07, 6.45) is 1.20. The molecular weight excluding hydrogens is 368 g/mol. The average Bonchev–Trinajstić information content (AvgIpc) is 3.10. The van der Waals surface area contributed by atoms with E-state index < -0.39 is 12.0 Å². The second-order valence-electron chi connectivity index (χ2n) is 6.81. The van der Waals surface area contributed by atoms with Gasteiger partial charge < -0.3 is 19.6 Å². The summed E-state index contributed by atoms with van der Waals surface area (Å²) in [4.78, 5) is 15.6. The van der Waals surface area contributed by atoms with Crippen molar-refractivity contribution in [2.45, 2.75) is 39.3 Å². The van der Waals surface area contributed by atoms with Gasteiger partial charge in [-0.15, -0.1) is 0 Å². The number of oxazole rings is 1. The van der Waals surface area contributed by atoms with E-state index in [1.165, 1.54) is 0 Å². The highest BCUT2D eigenvalue weighted by Gasteiger charge is 2.14. The number of aliphatic carboxylic acids is 1. The number of aromatic nitrogens is 1. The first kappa shape index (κ1) is 20.6. The van der Waals surface area contributed by atoms with Crippen molar-refractivity contribution in [1.82, 2.24) is 10.3 Å². The summed E-state index contributed by atoms with van der Waals surface area (Å²) >= 11 is 0. The molecule has 1 atom stereocenters. The number of hydrogen-bond donors (Lipinski definition) is 2. The second kappa shape index (κ2) is 9.89. The van der Waals surface area contributed by atoms with Crippen LogP contribution in [0.15, 0.2) is 59.0 Å². The van der Waals surface area contributed by atoms with Crippen molar-refractivity contribution >= 4 is 5.97 Å². The third kappa shape index (κ3) is 5.68. The number of nitrogens with one attached hydrogen (secondary N) is 1. The number of carboxylic acids is 1. The van der Waals surface area contributed by atoms with Crippen LogP contribution >= 0.6 is 0 Å². The van der Waals surface area contributed by atoms with E-state index in [0.717, 1.165) is 28.3 Å². The summed E-state index contributed by atoms with van der Waals surface area (Å²) < 4.78 is 11.6. The Hall–Kier alpha value is -3.12. The topological polar surface area (TPSA) is 84.6 Å². The van der Waals surface area contributed by atoms with Crippen LogP contribution in [0.5, 0.6) is 5.75 Å². The number of rotatable bonds is 10. The minimum Gasteiger partial charge on any atom is -0.493 e. The summed E-state index contributed by atoms with van der Waals surface area (Å²) in [7, 11) is 0. The molecule has 0 spiro atoms. The van der Waals surface area contributed by atoms with Crippen LogP contribution in [0, 0.1) is 6.92 Å². The molecule has 1 unspecified atom stereocenters. The summed E-state index contributed by atoms with van der Waals surface area (Å²) in [5.41, 5.74) is 2.86. The van der Waals surface area contributed by atoms with Crippen LogP contribution in [-0.4, -0.2) is 28.7 Å². The van der Waals surface area contributed by atoms with Gasteiger partial charge in [-0.05, 0) is 43.2 Å². The Morgan fingerprint density at radius 3 is 2.55 bits per heavy atom. The third-order valence-electron chi connectivity index (χ3n) is 4.70. The molecule has 0 amide bonds. The fraction of sp³-hybridized carbons (Fsp3) is 0.304. The molecule has 29 heavy (non-hydrogen) atoms. The maximum absolute atomic E-state index is 11.1. The molecule has 3 aromatic rings. The predicted molar refractivity (Wildman–Crippen MR) is 111 cm³/mol. The Morgan fingerprint density at radius 2 is 1.90 bits per heavy atom. The van der Waals surface area contributed by atoms with Crippen LogP contribution in [0.3, 0.4) is 0 Å². The highest BCUT2D eigenvalue weighted by molar-refractivity contribution is 5.73. The first-order valence-corrected chi connectivity index (χ1v) is 9.76. The van der Waals surface area contributed by atoms with Gasteiger partial charge in [-0.2, -0.15) is 0 Å². The van der Waals surface area contributed by atoms with Crippen molar-refractivity contribution < 1.29 is 19.1 Å². The number of nitrogens with zero attached hydrogens (tertiary/aromatic N) is 1. The molecule has 0 aliphatic rings. The number of hydrogen-bond acceptors (Lipinski definition) is 5. The molecule has 0 bridgehead atoms. The van der Waals surface area contributed by atoms with E-state index in [2.05, 4.69) is 10.3 Å². The molecular formula is C23H26N2O4. The van der Waals surface area contributed by atoms with Crippen LogP contribution < -0.4 is 10.1 Å². The van der Waals surface area contributed by atoms with Crippen LogP contribution in [0.2, 0.25) is 0 Å². The molecule has 0 radical (unpaired) electrons. The minimum absolute atomic E-state index is 0.496. The van der Waals surface area contributed by atoms with Gasteiger partial charge in [-0.25, -0.2) is 4.98 Å². The fourth-order valence-corrected chi connectivity index (χ4v) is 2.98. The van der Waals surface area contributed by atoms with Crippen molar-refractivity contribution in [2.24, 2.45) is 0 Å². The summed E-state index contributed by atoms with van der Waals surface area (Å²) in [6, 6.07) is 17.0. The van der Waals surface area contributed by atoms with E-state index in [1.54, 1.807) is 0 Å². The molecule has 0 aliphatic heterocycles. The second-order valence-corrected chi connectivity index (χ2v) is 6.81. The SMILES string of the molecule is CCC(NCc1ccc(OCCc2nc(-c3ccccc3)oc2C)cc1)C(=O)O. The minimum atomic E-state index is -0.828. The Morgan fingerprint density at radius 1 is 1.17 bits per heavy atom. The lowest BCUT2D eigenvalue weighted by Crippen LogP contribution is -2.35. The average molecular weight is 394 g/mol. The van der Waals surface area contributed by atoms with Crippen LogP contribution in [0.25, 0.3) is 11.5 Å². The van der Waals surface area contributed by atoms with Gasteiger partial charge in [-0.1, -0.05) is 37.3 Å². The lowest BCUT2D eigenvalue weighted by molar-refractivity contribution is -0.139. The number of ether oxygens (including phenoxy) is 1. The van der Waals surface area contributed by atoms with Gasteiger partial charge in [0.05, 0.1) is 12.3 Å². The lowest BCUT2D eigenvalue weighted by atomic mass is 10.2. The van der Waals surface area contributed by atoms with Gasteiger partial charge in [0, 0.05) is 18.5 Å². The van der Waals surface area contributed by atoms with Crippen LogP contribution in [0.1, 0.15) is 30.4 Å². The molecule has 0 saturated heterocycles. The Kier molecular flexibility index (Phi) is 7.03. The summed E-state index contributed by atoms with van der Waals surface area (Å²) in [5, 5.41) is 12.1. The summed E-state index contributed by atoms with van der Waals surface area (Å²) in [5.74, 6) is 1.37. The number of carboxylic acid groups (broad SMARTS) is 1. The van der Waals surface area contributed by atoms with Gasteiger partial charge >= 0.3 is 5.97 Å². The molecule has 0 fully saturated rings. The molecule has 1 aromatic heterocycles. The largest absolute Gasteiger partial charge is 0.493 e. The third-order valence-corrected chi connectivity index (χ3v) is 4.70. The summed E-state index contributed by atoms with van der Waals surface area (Å²) in [6.45, 7) is 4.76. The van der Waals surface area contributed by atoms with E-state index in [1.807, 2.05) is 68.4 Å². The number of aryl methyl sites for hydroxylation is 1. The molecule has 6 heteroatoms. The van der Waals surface area contributed by atoms with Crippen LogP contribution in [0.4, 0.5) is 0 Å². The molecule has 2 aromatic carbocycles. The standard InChI is InChI=1S/C23H26N2O4/c1-3-20(23(26)27)24-15-17-9-11-19(12-10-17)28-14-13-21-16(2)29-22(25-21)18-7-5-4-6-8-18/h4-12,20,24H,3,13-15H2,1-2H3,(H,26,27). The van der Waals surface area contributed by atoms with Crippen molar-refractivity contribution in [3.05, 3.63) is 71.6 Å². The molecule has 2 N–H and O–H groups in total. The van der Waals surface area contributed by atoms with E-state index in [4.69, 9.17) is 14.3 Å². The number of benzene rings is 2. The fourth-order valence-electron chi connectivity index (χ4n) is 2.98. The van der Waals surface area contributed by atoms with Crippen molar-refractivity contribution in [2.75, 3.05) is 6.61 Å². The Labute approximate surface area is 170 Å². The number of carbonyl (C=O) groups is 1. The van der Waals surface area contributed by atoms with Crippen molar-refractivity contribution in [1.29, 1.82) is 0 Å². The molecule has 152 valence electrons. The van der Waals surface area contributed by atoms with E-state index in [9.17, 15) is 4.79 Å². The maximum Gasteiger partial charge on any atom is 0.320 e. The highest BCUT2D eigenvalue weighted by atomic mass is 16.5. The van der Waals surface area contributed by atoms with E-state index >= 15 is 0 Å². The smallest absolute Gasteiger partial charge is 0.320 e. The zero-order valence-electron chi connectivity index (χ0n) is 16.7. The quantitative estimate of drug-likeness (QED) is 0.535. The van der Waals surface area contributed by atoms with Gasteiger partial charge in [0.1, 0.15) is 17.6 Å². The molecule has 3 rings (SSSR count). The zero-order valence-corrected chi connectivity index (χ0v) is 16.7. The van der Waals surface area contributed by atoms with Gasteiger partial charge in [-0.3, -0.25) is 4.79 Å². The van der Waals surface area contributed by atoms with E-state index in [-0.39, 0.29) is 0 Å². The van der Waals surface area contributed by atoms with Crippen molar-refractivity contribution in [3.63, 3.8) is 0 Å². The monoisotopic (exact) mass is 394 g/mol. The Balaban J connectivity index is 1.50. The maximum atomic E-state index is 11.1. The molecule has 1 heterocycles. The van der Waals surface area contributed by atoms with Gasteiger partial charge in [0.2, 0.25) is 5.89 Å². The van der Waals surface area contributed by atoms with E-state index in [0.29, 0.717) is 31.9 Å². The highest BCUT2D eigenvalue weighted by Crippen LogP contribution is 2.22.